The van der Waals surface area contributed by atoms with E-state index in [1.54, 1.807) is 0 Å². The van der Waals surface area contributed by atoms with Gasteiger partial charge in [-0.15, -0.1) is 0 Å². The van der Waals surface area contributed by atoms with E-state index in [9.17, 15) is 13.6 Å². The summed E-state index contributed by atoms with van der Waals surface area (Å²) in [5, 5.41) is 14.1. The van der Waals surface area contributed by atoms with Gasteiger partial charge in [-0.2, -0.15) is 0 Å². The summed E-state index contributed by atoms with van der Waals surface area (Å²) >= 11 is 0. The van der Waals surface area contributed by atoms with Crippen molar-refractivity contribution in [3.05, 3.63) is 29.8 Å². The molecule has 0 aliphatic rings. The van der Waals surface area contributed by atoms with Crippen molar-refractivity contribution in [3.63, 3.8) is 0 Å². The van der Waals surface area contributed by atoms with Crippen molar-refractivity contribution >= 4 is 6.03 Å². The Balaban J connectivity index is 2.25. The Labute approximate surface area is 122 Å². The minimum Gasteiger partial charge on any atom is -0.489 e. The molecule has 0 saturated carbocycles. The maximum Gasteiger partial charge on any atom is 0.315 e. The van der Waals surface area contributed by atoms with Gasteiger partial charge in [0.05, 0.1) is 6.54 Å². The summed E-state index contributed by atoms with van der Waals surface area (Å²) < 4.78 is 31.0. The summed E-state index contributed by atoms with van der Waals surface area (Å²) in [5.41, 5.74) is 0. The maximum absolute atomic E-state index is 13.3. The fourth-order valence-electron chi connectivity index (χ4n) is 1.69. The van der Waals surface area contributed by atoms with Crippen LogP contribution in [0.25, 0.3) is 0 Å². The number of benzene rings is 1. The van der Waals surface area contributed by atoms with Crippen molar-refractivity contribution in [1.29, 1.82) is 0 Å². The SMILES string of the molecule is CCC(CCO)NC(=O)NCCOc1ccc(F)cc1F. The molecule has 0 radical (unpaired) electrons. The first-order valence-corrected chi connectivity index (χ1v) is 6.79. The molecule has 0 saturated heterocycles. The third kappa shape index (κ3) is 6.40. The zero-order valence-electron chi connectivity index (χ0n) is 11.9. The first kappa shape index (κ1) is 17.2. The summed E-state index contributed by atoms with van der Waals surface area (Å²) in [6, 6.07) is 2.55. The van der Waals surface area contributed by atoms with E-state index in [0.29, 0.717) is 12.8 Å². The fourth-order valence-corrected chi connectivity index (χ4v) is 1.69. The third-order valence-corrected chi connectivity index (χ3v) is 2.84. The highest BCUT2D eigenvalue weighted by Gasteiger charge is 2.09. The Kier molecular flexibility index (Phi) is 7.45. The number of ether oxygens (including phenoxy) is 1. The van der Waals surface area contributed by atoms with Crippen LogP contribution in [0.3, 0.4) is 0 Å². The first-order valence-electron chi connectivity index (χ1n) is 6.79. The van der Waals surface area contributed by atoms with Crippen LogP contribution in [0.1, 0.15) is 19.8 Å². The monoisotopic (exact) mass is 302 g/mol. The molecule has 118 valence electrons. The second kappa shape index (κ2) is 9.12. The molecule has 0 aliphatic carbocycles. The number of aliphatic hydroxyl groups is 1. The van der Waals surface area contributed by atoms with Crippen molar-refractivity contribution < 1.29 is 23.4 Å². The van der Waals surface area contributed by atoms with Crippen LogP contribution in [0.2, 0.25) is 0 Å². The van der Waals surface area contributed by atoms with Crippen LogP contribution in [0.4, 0.5) is 13.6 Å². The zero-order valence-corrected chi connectivity index (χ0v) is 11.9. The number of urea groups is 1. The predicted molar refractivity (Wildman–Crippen MR) is 74.2 cm³/mol. The second-order valence-corrected chi connectivity index (χ2v) is 4.44. The van der Waals surface area contributed by atoms with Crippen LogP contribution >= 0.6 is 0 Å². The number of carbonyl (C=O) groups excluding carboxylic acids is 1. The number of carbonyl (C=O) groups is 1. The summed E-state index contributed by atoms with van der Waals surface area (Å²) in [7, 11) is 0. The smallest absolute Gasteiger partial charge is 0.315 e. The van der Waals surface area contributed by atoms with Crippen molar-refractivity contribution in [3.8, 4) is 5.75 Å². The van der Waals surface area contributed by atoms with Gasteiger partial charge in [0.25, 0.3) is 0 Å². The standard InChI is InChI=1S/C14H20F2N2O3/c1-2-11(5-7-19)18-14(20)17-6-8-21-13-4-3-10(15)9-12(13)16/h3-4,9,11,19H,2,5-8H2,1H3,(H2,17,18,20). The van der Waals surface area contributed by atoms with Crippen LogP contribution in [0.5, 0.6) is 5.75 Å². The van der Waals surface area contributed by atoms with Gasteiger partial charge >= 0.3 is 6.03 Å². The third-order valence-electron chi connectivity index (χ3n) is 2.84. The van der Waals surface area contributed by atoms with Gasteiger partial charge in [0.15, 0.2) is 11.6 Å². The lowest BCUT2D eigenvalue weighted by molar-refractivity contribution is 0.224. The highest BCUT2D eigenvalue weighted by Crippen LogP contribution is 2.17. The second-order valence-electron chi connectivity index (χ2n) is 4.44. The fraction of sp³-hybridized carbons (Fsp3) is 0.500. The molecule has 0 spiro atoms. The number of halogens is 2. The summed E-state index contributed by atoms with van der Waals surface area (Å²) in [6.07, 6.45) is 1.20. The molecule has 3 N–H and O–H groups in total. The van der Waals surface area contributed by atoms with E-state index in [0.717, 1.165) is 12.1 Å². The van der Waals surface area contributed by atoms with Crippen molar-refractivity contribution in [2.24, 2.45) is 0 Å². The molecule has 2 amide bonds. The quantitative estimate of drug-likeness (QED) is 0.641. The lowest BCUT2D eigenvalue weighted by Crippen LogP contribution is -2.43. The van der Waals surface area contributed by atoms with Crippen LogP contribution in [-0.4, -0.2) is 36.9 Å². The van der Waals surface area contributed by atoms with Gasteiger partial charge in [0.1, 0.15) is 12.4 Å². The first-order chi connectivity index (χ1) is 10.1. The van der Waals surface area contributed by atoms with E-state index in [1.165, 1.54) is 6.07 Å². The van der Waals surface area contributed by atoms with E-state index in [2.05, 4.69) is 10.6 Å². The molecular formula is C14H20F2N2O3. The Morgan fingerprint density at radius 2 is 2.19 bits per heavy atom. The Bertz CT molecular complexity index is 458. The molecule has 0 bridgehead atoms. The van der Waals surface area contributed by atoms with Gasteiger partial charge in [0, 0.05) is 18.7 Å². The van der Waals surface area contributed by atoms with Gasteiger partial charge in [-0.25, -0.2) is 13.6 Å². The average Bonchev–Trinajstić information content (AvgIpc) is 2.45. The topological polar surface area (TPSA) is 70.6 Å². The maximum atomic E-state index is 13.3. The number of nitrogens with one attached hydrogen (secondary N) is 2. The highest BCUT2D eigenvalue weighted by molar-refractivity contribution is 5.74. The summed E-state index contributed by atoms with van der Waals surface area (Å²) in [6.45, 7) is 2.15. The van der Waals surface area contributed by atoms with Gasteiger partial charge < -0.3 is 20.5 Å². The van der Waals surface area contributed by atoms with Crippen molar-refractivity contribution in [2.45, 2.75) is 25.8 Å². The minimum atomic E-state index is -0.784. The summed E-state index contributed by atoms with van der Waals surface area (Å²) in [5.74, 6) is -1.52. The Morgan fingerprint density at radius 3 is 2.81 bits per heavy atom. The molecule has 0 aliphatic heterocycles. The van der Waals surface area contributed by atoms with E-state index in [-0.39, 0.29) is 37.6 Å². The Morgan fingerprint density at radius 1 is 1.43 bits per heavy atom. The molecule has 1 atom stereocenters. The van der Waals surface area contributed by atoms with Gasteiger partial charge in [-0.05, 0) is 25.0 Å². The molecule has 5 nitrogen and oxygen atoms in total. The molecule has 0 heterocycles. The van der Waals surface area contributed by atoms with Crippen molar-refractivity contribution in [2.75, 3.05) is 19.8 Å². The number of amides is 2. The highest BCUT2D eigenvalue weighted by atomic mass is 19.1. The molecule has 1 unspecified atom stereocenters. The number of rotatable bonds is 8. The molecule has 0 aromatic heterocycles. The van der Waals surface area contributed by atoms with E-state index >= 15 is 0 Å². The molecule has 1 rings (SSSR count). The predicted octanol–water partition coefficient (Wildman–Crippen LogP) is 1.80. The molecule has 1 aromatic carbocycles. The van der Waals surface area contributed by atoms with Crippen molar-refractivity contribution in [1.82, 2.24) is 10.6 Å². The van der Waals surface area contributed by atoms with Gasteiger partial charge in [-0.3, -0.25) is 0 Å². The van der Waals surface area contributed by atoms with Crippen LogP contribution < -0.4 is 15.4 Å². The molecular weight excluding hydrogens is 282 g/mol. The van der Waals surface area contributed by atoms with Crippen LogP contribution in [0, 0.1) is 11.6 Å². The Hall–Kier alpha value is -1.89. The van der Waals surface area contributed by atoms with E-state index in [4.69, 9.17) is 9.84 Å². The minimum absolute atomic E-state index is 0.00570. The van der Waals surface area contributed by atoms with Gasteiger partial charge in [-0.1, -0.05) is 6.92 Å². The lowest BCUT2D eigenvalue weighted by atomic mass is 10.2. The zero-order chi connectivity index (χ0) is 15.7. The number of hydrogen-bond acceptors (Lipinski definition) is 3. The average molecular weight is 302 g/mol. The molecule has 1 aromatic rings. The lowest BCUT2D eigenvalue weighted by Gasteiger charge is -2.16. The molecule has 0 fully saturated rings. The van der Waals surface area contributed by atoms with E-state index in [1.807, 2.05) is 6.92 Å². The number of aliphatic hydroxyl groups excluding tert-OH is 1. The largest absolute Gasteiger partial charge is 0.489 e. The normalized spacial score (nSPS) is 11.8. The van der Waals surface area contributed by atoms with Crippen LogP contribution in [0.15, 0.2) is 18.2 Å². The van der Waals surface area contributed by atoms with Gasteiger partial charge in [0.2, 0.25) is 0 Å². The number of hydrogen-bond donors (Lipinski definition) is 3. The summed E-state index contributed by atoms with van der Waals surface area (Å²) in [4.78, 5) is 11.5. The molecule has 21 heavy (non-hydrogen) atoms. The van der Waals surface area contributed by atoms with Crippen LogP contribution in [-0.2, 0) is 0 Å². The molecule has 7 heteroatoms. The van der Waals surface area contributed by atoms with E-state index < -0.39 is 11.6 Å².